The van der Waals surface area contributed by atoms with E-state index in [0.717, 1.165) is 14.8 Å². The second kappa shape index (κ2) is 5.17. The van der Waals surface area contributed by atoms with E-state index in [-0.39, 0.29) is 6.03 Å². The molecule has 1 heterocycles. The van der Waals surface area contributed by atoms with Gasteiger partial charge in [-0.1, -0.05) is 0 Å². The Bertz CT molecular complexity index is 524. The first kappa shape index (κ1) is 11.9. The van der Waals surface area contributed by atoms with Gasteiger partial charge in [0.2, 0.25) is 0 Å². The van der Waals surface area contributed by atoms with Gasteiger partial charge >= 0.3 is 6.03 Å². The van der Waals surface area contributed by atoms with Crippen molar-refractivity contribution in [3.63, 3.8) is 0 Å². The predicted molar refractivity (Wildman–Crippen MR) is 75.1 cm³/mol. The number of urea groups is 1. The average Bonchev–Trinajstić information content (AvgIpc) is 2.75. The van der Waals surface area contributed by atoms with Gasteiger partial charge in [0.15, 0.2) is 0 Å². The smallest absolute Gasteiger partial charge is 0.307 e. The normalized spacial score (nSPS) is 10.0. The first-order valence-electron chi connectivity index (χ1n) is 4.98. The Morgan fingerprint density at radius 2 is 2.18 bits per heavy atom. The number of anilines is 2. The number of aromatic amines is 1. The monoisotopic (exact) mass is 342 g/mol. The number of benzene rings is 1. The standard InChI is InChI=1S/C11H11IN4O/c1-7-6-8(12)2-3-9(7)14-11(17)15-10-4-5-13-16-10/h2-6H,1H3,(H3,13,14,15,16,17). The first-order chi connectivity index (χ1) is 8.15. The number of aromatic nitrogens is 2. The lowest BCUT2D eigenvalue weighted by molar-refractivity contribution is 0.262. The Hall–Kier alpha value is -1.57. The minimum Gasteiger partial charge on any atom is -0.307 e. The van der Waals surface area contributed by atoms with Gasteiger partial charge in [0.05, 0.1) is 6.20 Å². The summed E-state index contributed by atoms with van der Waals surface area (Å²) in [6, 6.07) is 7.22. The molecule has 0 saturated heterocycles. The van der Waals surface area contributed by atoms with Crippen molar-refractivity contribution in [1.82, 2.24) is 10.2 Å². The number of nitrogens with zero attached hydrogens (tertiary/aromatic N) is 1. The first-order valence-corrected chi connectivity index (χ1v) is 6.06. The fraction of sp³-hybridized carbons (Fsp3) is 0.0909. The van der Waals surface area contributed by atoms with Crippen LogP contribution < -0.4 is 10.6 Å². The number of amides is 2. The highest BCUT2D eigenvalue weighted by Crippen LogP contribution is 2.17. The SMILES string of the molecule is Cc1cc(I)ccc1NC(=O)Nc1ccn[nH]1. The average molecular weight is 342 g/mol. The van der Waals surface area contributed by atoms with Crippen molar-refractivity contribution in [1.29, 1.82) is 0 Å². The van der Waals surface area contributed by atoms with Crippen LogP contribution in [0.25, 0.3) is 0 Å². The topological polar surface area (TPSA) is 69.8 Å². The highest BCUT2D eigenvalue weighted by atomic mass is 127. The van der Waals surface area contributed by atoms with Crippen molar-refractivity contribution in [3.05, 3.63) is 39.6 Å². The van der Waals surface area contributed by atoms with Gasteiger partial charge in [-0.15, -0.1) is 0 Å². The van der Waals surface area contributed by atoms with Crippen LogP contribution in [0.15, 0.2) is 30.5 Å². The van der Waals surface area contributed by atoms with Crippen molar-refractivity contribution >= 4 is 40.1 Å². The summed E-state index contributed by atoms with van der Waals surface area (Å²) in [4.78, 5) is 11.6. The van der Waals surface area contributed by atoms with Crippen LogP contribution in [0.4, 0.5) is 16.3 Å². The Morgan fingerprint density at radius 3 is 2.82 bits per heavy atom. The molecule has 6 heteroatoms. The van der Waals surface area contributed by atoms with E-state index in [1.54, 1.807) is 12.3 Å². The summed E-state index contributed by atoms with van der Waals surface area (Å²) in [6.45, 7) is 1.95. The third-order valence-corrected chi connectivity index (χ3v) is 2.86. The molecule has 1 aromatic carbocycles. The molecule has 3 N–H and O–H groups in total. The number of H-pyrrole nitrogens is 1. The van der Waals surface area contributed by atoms with Crippen molar-refractivity contribution in [2.75, 3.05) is 10.6 Å². The molecule has 2 aromatic rings. The summed E-state index contributed by atoms with van der Waals surface area (Å²) >= 11 is 2.23. The van der Waals surface area contributed by atoms with Crippen LogP contribution in [0.2, 0.25) is 0 Å². The van der Waals surface area contributed by atoms with Gasteiger partial charge in [-0.25, -0.2) is 4.79 Å². The number of halogens is 1. The Balaban J connectivity index is 2.03. The quantitative estimate of drug-likeness (QED) is 0.735. The molecule has 0 radical (unpaired) electrons. The summed E-state index contributed by atoms with van der Waals surface area (Å²) in [5.41, 5.74) is 1.82. The van der Waals surface area contributed by atoms with E-state index in [1.165, 1.54) is 0 Å². The fourth-order valence-corrected chi connectivity index (χ4v) is 2.02. The number of hydrogen-bond donors (Lipinski definition) is 3. The molecule has 17 heavy (non-hydrogen) atoms. The van der Waals surface area contributed by atoms with Gasteiger partial charge in [-0.2, -0.15) is 5.10 Å². The molecule has 0 unspecified atom stereocenters. The van der Waals surface area contributed by atoms with Crippen molar-refractivity contribution in [2.24, 2.45) is 0 Å². The second-order valence-corrected chi connectivity index (χ2v) is 4.75. The van der Waals surface area contributed by atoms with Crippen LogP contribution >= 0.6 is 22.6 Å². The molecule has 0 atom stereocenters. The molecule has 2 amide bonds. The molecule has 0 aliphatic carbocycles. The molecule has 0 saturated carbocycles. The van der Waals surface area contributed by atoms with E-state index < -0.39 is 0 Å². The molecule has 0 bridgehead atoms. The van der Waals surface area contributed by atoms with Gasteiger partial charge in [0.1, 0.15) is 5.82 Å². The van der Waals surface area contributed by atoms with Crippen LogP contribution in [0.5, 0.6) is 0 Å². The maximum absolute atomic E-state index is 11.6. The summed E-state index contributed by atoms with van der Waals surface area (Å²) in [5, 5.41) is 11.8. The van der Waals surface area contributed by atoms with Crippen LogP contribution in [-0.2, 0) is 0 Å². The highest BCUT2D eigenvalue weighted by Gasteiger charge is 2.05. The third kappa shape index (κ3) is 3.19. The molecule has 1 aromatic heterocycles. The summed E-state index contributed by atoms with van der Waals surface area (Å²) < 4.78 is 1.14. The van der Waals surface area contributed by atoms with Gasteiger partial charge in [0.25, 0.3) is 0 Å². The molecule has 0 aliphatic rings. The van der Waals surface area contributed by atoms with Gasteiger partial charge < -0.3 is 5.32 Å². The maximum atomic E-state index is 11.6. The zero-order chi connectivity index (χ0) is 12.3. The minimum absolute atomic E-state index is 0.293. The number of hydrogen-bond acceptors (Lipinski definition) is 2. The summed E-state index contributed by atoms with van der Waals surface area (Å²) in [7, 11) is 0. The highest BCUT2D eigenvalue weighted by molar-refractivity contribution is 14.1. The summed E-state index contributed by atoms with van der Waals surface area (Å²) in [5.74, 6) is 0.561. The van der Waals surface area contributed by atoms with Gasteiger partial charge in [-0.3, -0.25) is 10.4 Å². The zero-order valence-electron chi connectivity index (χ0n) is 9.12. The molecular weight excluding hydrogens is 331 g/mol. The fourth-order valence-electron chi connectivity index (χ4n) is 1.37. The summed E-state index contributed by atoms with van der Waals surface area (Å²) in [6.07, 6.45) is 1.58. The Labute approximate surface area is 112 Å². The number of carbonyl (C=O) groups is 1. The number of carbonyl (C=O) groups excluding carboxylic acids is 1. The maximum Gasteiger partial charge on any atom is 0.324 e. The lowest BCUT2D eigenvalue weighted by Crippen LogP contribution is -2.20. The molecule has 0 spiro atoms. The largest absolute Gasteiger partial charge is 0.324 e. The van der Waals surface area contributed by atoms with Crippen LogP contribution in [0, 0.1) is 10.5 Å². The second-order valence-electron chi connectivity index (χ2n) is 3.51. The lowest BCUT2D eigenvalue weighted by Gasteiger charge is -2.08. The molecular formula is C11H11IN4O. The minimum atomic E-state index is -0.293. The Morgan fingerprint density at radius 1 is 1.35 bits per heavy atom. The van der Waals surface area contributed by atoms with E-state index >= 15 is 0 Å². The van der Waals surface area contributed by atoms with E-state index in [1.807, 2.05) is 25.1 Å². The van der Waals surface area contributed by atoms with Gasteiger partial charge in [-0.05, 0) is 53.3 Å². The molecule has 0 fully saturated rings. The predicted octanol–water partition coefficient (Wildman–Crippen LogP) is 2.97. The third-order valence-electron chi connectivity index (χ3n) is 2.19. The molecule has 88 valence electrons. The van der Waals surface area contributed by atoms with Crippen molar-refractivity contribution < 1.29 is 4.79 Å². The number of nitrogens with one attached hydrogen (secondary N) is 3. The molecule has 5 nitrogen and oxygen atoms in total. The molecule has 2 rings (SSSR count). The number of aryl methyl sites for hydroxylation is 1. The van der Waals surface area contributed by atoms with Crippen LogP contribution in [0.3, 0.4) is 0 Å². The lowest BCUT2D eigenvalue weighted by atomic mass is 10.2. The van der Waals surface area contributed by atoms with Crippen molar-refractivity contribution in [2.45, 2.75) is 6.92 Å². The number of rotatable bonds is 2. The van der Waals surface area contributed by atoms with E-state index in [2.05, 4.69) is 43.4 Å². The zero-order valence-corrected chi connectivity index (χ0v) is 11.3. The molecule has 0 aliphatic heterocycles. The van der Waals surface area contributed by atoms with Crippen LogP contribution in [0.1, 0.15) is 5.56 Å². The van der Waals surface area contributed by atoms with E-state index in [9.17, 15) is 4.79 Å². The van der Waals surface area contributed by atoms with Crippen molar-refractivity contribution in [3.8, 4) is 0 Å². The van der Waals surface area contributed by atoms with E-state index in [4.69, 9.17) is 0 Å². The van der Waals surface area contributed by atoms with E-state index in [0.29, 0.717) is 5.82 Å². The van der Waals surface area contributed by atoms with Crippen LogP contribution in [-0.4, -0.2) is 16.2 Å². The Kier molecular flexibility index (Phi) is 3.62. The van der Waals surface area contributed by atoms with Gasteiger partial charge in [0, 0.05) is 15.3 Å².